The van der Waals surface area contributed by atoms with Crippen LogP contribution in [0, 0.1) is 0 Å². The number of carbonyl (C=O) groups is 1. The average molecular weight is 320 g/mol. The van der Waals surface area contributed by atoms with Gasteiger partial charge in [-0.25, -0.2) is 0 Å². The SMILES string of the molecule is O=C(Nc1ccc(Br)c(Cl)c1)C1CNCCO1. The summed E-state index contributed by atoms with van der Waals surface area (Å²) in [5, 5.41) is 6.43. The van der Waals surface area contributed by atoms with Crippen LogP contribution in [0.5, 0.6) is 0 Å². The Morgan fingerprint density at radius 3 is 3.06 bits per heavy atom. The van der Waals surface area contributed by atoms with Gasteiger partial charge in [0.25, 0.3) is 5.91 Å². The van der Waals surface area contributed by atoms with E-state index in [4.69, 9.17) is 16.3 Å². The first-order valence-corrected chi connectivity index (χ1v) is 6.42. The molecule has 0 radical (unpaired) electrons. The zero-order valence-corrected chi connectivity index (χ0v) is 11.3. The fourth-order valence-electron chi connectivity index (χ4n) is 1.53. The minimum atomic E-state index is -0.439. The lowest BCUT2D eigenvalue weighted by molar-refractivity contribution is -0.128. The van der Waals surface area contributed by atoms with E-state index in [-0.39, 0.29) is 5.91 Å². The highest BCUT2D eigenvalue weighted by Crippen LogP contribution is 2.25. The number of nitrogens with one attached hydrogen (secondary N) is 2. The van der Waals surface area contributed by atoms with Crippen molar-refractivity contribution in [2.75, 3.05) is 25.0 Å². The Hall–Kier alpha value is -0.620. The molecule has 0 saturated carbocycles. The van der Waals surface area contributed by atoms with Gasteiger partial charge in [0.15, 0.2) is 0 Å². The smallest absolute Gasteiger partial charge is 0.254 e. The summed E-state index contributed by atoms with van der Waals surface area (Å²) in [6, 6.07) is 5.27. The van der Waals surface area contributed by atoms with Crippen molar-refractivity contribution in [1.82, 2.24) is 5.32 Å². The number of carbonyl (C=O) groups excluding carboxylic acids is 1. The van der Waals surface area contributed by atoms with Gasteiger partial charge >= 0.3 is 0 Å². The van der Waals surface area contributed by atoms with Gasteiger partial charge in [0, 0.05) is 23.2 Å². The molecule has 1 aliphatic heterocycles. The summed E-state index contributed by atoms with van der Waals surface area (Å²) in [7, 11) is 0. The summed E-state index contributed by atoms with van der Waals surface area (Å²) in [5.74, 6) is -0.157. The number of amides is 1. The molecule has 1 aromatic carbocycles. The van der Waals surface area contributed by atoms with Crippen molar-refractivity contribution in [3.8, 4) is 0 Å². The van der Waals surface area contributed by atoms with E-state index < -0.39 is 6.10 Å². The molecule has 0 spiro atoms. The molecule has 0 aliphatic carbocycles. The van der Waals surface area contributed by atoms with Crippen molar-refractivity contribution < 1.29 is 9.53 Å². The Bertz CT molecular complexity index is 422. The summed E-state index contributed by atoms with van der Waals surface area (Å²) >= 11 is 9.23. The molecule has 6 heteroatoms. The maximum Gasteiger partial charge on any atom is 0.254 e. The summed E-state index contributed by atoms with van der Waals surface area (Å²) in [5.41, 5.74) is 0.664. The zero-order valence-electron chi connectivity index (χ0n) is 9.00. The van der Waals surface area contributed by atoms with E-state index in [0.29, 0.717) is 23.9 Å². The average Bonchev–Trinajstić information content (AvgIpc) is 2.35. The first-order valence-electron chi connectivity index (χ1n) is 5.25. The largest absolute Gasteiger partial charge is 0.366 e. The molecule has 17 heavy (non-hydrogen) atoms. The Morgan fingerprint density at radius 2 is 2.41 bits per heavy atom. The van der Waals surface area contributed by atoms with Gasteiger partial charge < -0.3 is 15.4 Å². The lowest BCUT2D eigenvalue weighted by Crippen LogP contribution is -2.45. The van der Waals surface area contributed by atoms with Crippen molar-refractivity contribution in [3.05, 3.63) is 27.7 Å². The van der Waals surface area contributed by atoms with Gasteiger partial charge in [-0.2, -0.15) is 0 Å². The molecule has 1 aromatic rings. The number of hydrogen-bond donors (Lipinski definition) is 2. The summed E-state index contributed by atoms with van der Waals surface area (Å²) < 4.78 is 6.15. The number of morpholine rings is 1. The molecule has 92 valence electrons. The second kappa shape index (κ2) is 5.82. The first-order chi connectivity index (χ1) is 8.16. The normalized spacial score (nSPS) is 20.0. The van der Waals surface area contributed by atoms with Gasteiger partial charge in [0.1, 0.15) is 6.10 Å². The highest BCUT2D eigenvalue weighted by Gasteiger charge is 2.21. The molecule has 1 atom stereocenters. The Balaban J connectivity index is 1.99. The zero-order chi connectivity index (χ0) is 12.3. The van der Waals surface area contributed by atoms with E-state index in [9.17, 15) is 4.79 Å². The van der Waals surface area contributed by atoms with Crippen molar-refractivity contribution >= 4 is 39.1 Å². The Kier molecular flexibility index (Phi) is 4.39. The minimum Gasteiger partial charge on any atom is -0.366 e. The molecule has 2 N–H and O–H groups in total. The van der Waals surface area contributed by atoms with Crippen LogP contribution in [0.4, 0.5) is 5.69 Å². The summed E-state index contributed by atoms with van der Waals surface area (Å²) in [6.07, 6.45) is -0.439. The standard InChI is InChI=1S/C11H12BrClN2O2/c12-8-2-1-7(5-9(8)13)15-11(16)10-6-14-3-4-17-10/h1-2,5,10,14H,3-4,6H2,(H,15,16). The summed E-state index contributed by atoms with van der Waals surface area (Å²) in [4.78, 5) is 11.8. The summed E-state index contributed by atoms with van der Waals surface area (Å²) in [6.45, 7) is 1.88. The number of benzene rings is 1. The lowest BCUT2D eigenvalue weighted by Gasteiger charge is -2.22. The van der Waals surface area contributed by atoms with Crippen LogP contribution in [-0.2, 0) is 9.53 Å². The monoisotopic (exact) mass is 318 g/mol. The van der Waals surface area contributed by atoms with E-state index >= 15 is 0 Å². The molecule has 0 bridgehead atoms. The second-order valence-corrected chi connectivity index (χ2v) is 4.94. The minimum absolute atomic E-state index is 0.157. The highest BCUT2D eigenvalue weighted by molar-refractivity contribution is 9.10. The van der Waals surface area contributed by atoms with Crippen LogP contribution < -0.4 is 10.6 Å². The molecule has 4 nitrogen and oxygen atoms in total. The van der Waals surface area contributed by atoms with Crippen molar-refractivity contribution in [3.63, 3.8) is 0 Å². The van der Waals surface area contributed by atoms with Crippen molar-refractivity contribution in [2.24, 2.45) is 0 Å². The molecule has 1 fully saturated rings. The number of anilines is 1. The maximum absolute atomic E-state index is 11.8. The fraction of sp³-hybridized carbons (Fsp3) is 0.364. The van der Waals surface area contributed by atoms with Crippen molar-refractivity contribution in [2.45, 2.75) is 6.10 Å². The number of ether oxygens (including phenoxy) is 1. The van der Waals surface area contributed by atoms with Gasteiger partial charge in [-0.05, 0) is 34.1 Å². The van der Waals surface area contributed by atoms with Crippen LogP contribution >= 0.6 is 27.5 Å². The van der Waals surface area contributed by atoms with Gasteiger partial charge in [0.2, 0.25) is 0 Å². The Labute approximate surface area is 113 Å². The molecule has 2 rings (SSSR count). The van der Waals surface area contributed by atoms with Crippen LogP contribution in [0.1, 0.15) is 0 Å². The van der Waals surface area contributed by atoms with E-state index in [2.05, 4.69) is 26.6 Å². The lowest BCUT2D eigenvalue weighted by atomic mass is 10.2. The third kappa shape index (κ3) is 3.42. The van der Waals surface area contributed by atoms with Crippen LogP contribution in [0.3, 0.4) is 0 Å². The van der Waals surface area contributed by atoms with Gasteiger partial charge in [-0.1, -0.05) is 11.6 Å². The molecule has 1 amide bonds. The molecule has 1 saturated heterocycles. The van der Waals surface area contributed by atoms with Gasteiger partial charge in [0.05, 0.1) is 11.6 Å². The van der Waals surface area contributed by atoms with E-state index in [1.54, 1.807) is 18.2 Å². The third-order valence-corrected chi connectivity index (χ3v) is 3.64. The molecule has 1 heterocycles. The molecule has 0 aromatic heterocycles. The Morgan fingerprint density at radius 1 is 1.59 bits per heavy atom. The number of rotatable bonds is 2. The third-order valence-electron chi connectivity index (χ3n) is 2.41. The van der Waals surface area contributed by atoms with E-state index in [0.717, 1.165) is 11.0 Å². The molecular formula is C11H12BrClN2O2. The predicted octanol–water partition coefficient (Wildman–Crippen LogP) is 2.03. The van der Waals surface area contributed by atoms with Crippen molar-refractivity contribution in [1.29, 1.82) is 0 Å². The second-order valence-electron chi connectivity index (χ2n) is 3.68. The molecule has 1 unspecified atom stereocenters. The first kappa shape index (κ1) is 12.8. The van der Waals surface area contributed by atoms with Crippen LogP contribution in [-0.4, -0.2) is 31.7 Å². The predicted molar refractivity (Wildman–Crippen MR) is 70.4 cm³/mol. The number of halogens is 2. The van der Waals surface area contributed by atoms with Crippen LogP contribution in [0.2, 0.25) is 5.02 Å². The van der Waals surface area contributed by atoms with Crippen LogP contribution in [0.15, 0.2) is 22.7 Å². The quantitative estimate of drug-likeness (QED) is 0.877. The van der Waals surface area contributed by atoms with E-state index in [1.807, 2.05) is 0 Å². The van der Waals surface area contributed by atoms with E-state index in [1.165, 1.54) is 0 Å². The van der Waals surface area contributed by atoms with Gasteiger partial charge in [-0.3, -0.25) is 4.79 Å². The fourth-order valence-corrected chi connectivity index (χ4v) is 1.96. The molecule has 1 aliphatic rings. The van der Waals surface area contributed by atoms with Crippen LogP contribution in [0.25, 0.3) is 0 Å². The topological polar surface area (TPSA) is 50.4 Å². The highest BCUT2D eigenvalue weighted by atomic mass is 79.9. The van der Waals surface area contributed by atoms with Gasteiger partial charge in [-0.15, -0.1) is 0 Å². The maximum atomic E-state index is 11.8. The molecular weight excluding hydrogens is 307 g/mol. The number of hydrogen-bond acceptors (Lipinski definition) is 3.